The number of nitrogens with zero attached hydrogens (tertiary/aromatic N) is 4. The molecule has 0 saturated carbocycles. The van der Waals surface area contributed by atoms with E-state index >= 15 is 0 Å². The summed E-state index contributed by atoms with van der Waals surface area (Å²) in [6.07, 6.45) is 3.08. The highest BCUT2D eigenvalue weighted by Crippen LogP contribution is 2.23. The van der Waals surface area contributed by atoms with Crippen LogP contribution in [-0.2, 0) is 4.74 Å². The van der Waals surface area contributed by atoms with Gasteiger partial charge < -0.3 is 19.8 Å². The number of hydrogen-bond acceptors (Lipinski definition) is 7. The number of aromatic amines is 1. The number of H-pyrrole nitrogens is 1. The number of pyridine rings is 2. The molecule has 0 radical (unpaired) electrons. The van der Waals surface area contributed by atoms with E-state index < -0.39 is 0 Å². The van der Waals surface area contributed by atoms with Crippen LogP contribution in [0.25, 0.3) is 22.6 Å². The van der Waals surface area contributed by atoms with Gasteiger partial charge in [0.05, 0.1) is 36.2 Å². The van der Waals surface area contributed by atoms with Crippen LogP contribution in [0.3, 0.4) is 0 Å². The van der Waals surface area contributed by atoms with Crippen LogP contribution in [0, 0.1) is 5.82 Å². The zero-order valence-electron chi connectivity index (χ0n) is 18.3. The predicted octanol–water partition coefficient (Wildman–Crippen LogP) is 3.12. The molecule has 5 rings (SSSR count). The maximum absolute atomic E-state index is 13.2. The van der Waals surface area contributed by atoms with Crippen LogP contribution in [-0.4, -0.2) is 70.2 Å². The molecule has 1 saturated heterocycles. The van der Waals surface area contributed by atoms with Crippen LogP contribution in [0.4, 0.5) is 10.1 Å². The summed E-state index contributed by atoms with van der Waals surface area (Å²) in [5, 5.41) is 2.84. The van der Waals surface area contributed by atoms with E-state index in [1.165, 1.54) is 18.3 Å². The number of nitrogens with one attached hydrogen (secondary N) is 2. The molecular formula is C24H23FN6O3. The number of amides is 1. The number of imidazole rings is 1. The minimum atomic E-state index is -0.333. The van der Waals surface area contributed by atoms with Gasteiger partial charge in [-0.05, 0) is 36.4 Å². The molecule has 2 N–H and O–H groups in total. The Balaban J connectivity index is 1.24. The first kappa shape index (κ1) is 21.9. The second-order valence-corrected chi connectivity index (χ2v) is 7.79. The zero-order valence-corrected chi connectivity index (χ0v) is 18.3. The number of anilines is 1. The molecule has 3 aromatic heterocycles. The predicted molar refractivity (Wildman–Crippen MR) is 124 cm³/mol. The molecular weight excluding hydrogens is 439 g/mol. The fourth-order valence-corrected chi connectivity index (χ4v) is 3.69. The second-order valence-electron chi connectivity index (χ2n) is 7.79. The maximum Gasteiger partial charge on any atom is 0.258 e. The summed E-state index contributed by atoms with van der Waals surface area (Å²) in [5.41, 5.74) is 2.51. The van der Waals surface area contributed by atoms with Gasteiger partial charge in [-0.3, -0.25) is 9.69 Å². The third-order valence-electron chi connectivity index (χ3n) is 5.51. The smallest absolute Gasteiger partial charge is 0.258 e. The van der Waals surface area contributed by atoms with E-state index in [9.17, 15) is 9.18 Å². The fourth-order valence-electron chi connectivity index (χ4n) is 3.69. The van der Waals surface area contributed by atoms with E-state index in [0.717, 1.165) is 32.8 Å². The van der Waals surface area contributed by atoms with E-state index in [2.05, 4.69) is 30.2 Å². The lowest BCUT2D eigenvalue weighted by molar-refractivity contribution is 0.0320. The van der Waals surface area contributed by atoms with Crippen LogP contribution in [0.1, 0.15) is 10.4 Å². The van der Waals surface area contributed by atoms with Crippen molar-refractivity contribution in [2.75, 3.05) is 44.8 Å². The molecule has 4 heterocycles. The number of ether oxygens (including phenoxy) is 2. The van der Waals surface area contributed by atoms with Crippen molar-refractivity contribution in [2.45, 2.75) is 0 Å². The highest BCUT2D eigenvalue weighted by Gasteiger charge is 2.16. The largest absolute Gasteiger partial charge is 0.476 e. The summed E-state index contributed by atoms with van der Waals surface area (Å²) < 4.78 is 24.3. The van der Waals surface area contributed by atoms with Gasteiger partial charge in [0, 0.05) is 37.5 Å². The number of aromatic nitrogens is 4. The zero-order chi connectivity index (χ0) is 23.3. The van der Waals surface area contributed by atoms with Crippen molar-refractivity contribution in [2.24, 2.45) is 0 Å². The highest BCUT2D eigenvalue weighted by molar-refractivity contribution is 6.11. The van der Waals surface area contributed by atoms with Crippen LogP contribution in [0.15, 0.2) is 54.9 Å². The van der Waals surface area contributed by atoms with Crippen molar-refractivity contribution in [3.8, 4) is 17.3 Å². The Morgan fingerprint density at radius 1 is 1.12 bits per heavy atom. The third-order valence-corrected chi connectivity index (χ3v) is 5.51. The van der Waals surface area contributed by atoms with Crippen molar-refractivity contribution in [1.29, 1.82) is 0 Å². The van der Waals surface area contributed by atoms with E-state index in [-0.39, 0.29) is 11.7 Å². The standard InChI is InChI=1S/C24H23FN6O3/c25-17-3-1-16(2-4-17)22-29-21-19(7-8-26-23(21)30-22)24(32)28-18-5-6-20(27-15-18)34-14-11-31-9-12-33-13-10-31/h1-8,15H,9-14H2,(H,28,32)(H,26,29,30). The summed E-state index contributed by atoms with van der Waals surface area (Å²) in [4.78, 5) is 31.3. The maximum atomic E-state index is 13.2. The summed E-state index contributed by atoms with van der Waals surface area (Å²) in [6, 6.07) is 11.0. The molecule has 4 aromatic rings. The quantitative estimate of drug-likeness (QED) is 0.435. The molecule has 9 nitrogen and oxygen atoms in total. The SMILES string of the molecule is O=C(Nc1ccc(OCCN2CCOCC2)nc1)c1ccnc2nc(-c3ccc(F)cc3)[nH]c12. The Labute approximate surface area is 195 Å². The Kier molecular flexibility index (Phi) is 6.41. The molecule has 0 spiro atoms. The molecule has 0 atom stereocenters. The minimum absolute atomic E-state index is 0.329. The lowest BCUT2D eigenvalue weighted by Crippen LogP contribution is -2.38. The van der Waals surface area contributed by atoms with E-state index in [1.54, 1.807) is 36.5 Å². The molecule has 1 amide bonds. The molecule has 0 bridgehead atoms. The average molecular weight is 462 g/mol. The van der Waals surface area contributed by atoms with E-state index in [4.69, 9.17) is 9.47 Å². The number of hydrogen-bond donors (Lipinski definition) is 2. The van der Waals surface area contributed by atoms with Gasteiger partial charge in [-0.2, -0.15) is 0 Å². The Morgan fingerprint density at radius 2 is 1.94 bits per heavy atom. The monoisotopic (exact) mass is 462 g/mol. The topological polar surface area (TPSA) is 105 Å². The van der Waals surface area contributed by atoms with Gasteiger partial charge >= 0.3 is 0 Å². The van der Waals surface area contributed by atoms with Gasteiger partial charge in [0.2, 0.25) is 5.88 Å². The van der Waals surface area contributed by atoms with Crippen LogP contribution in [0.2, 0.25) is 0 Å². The summed E-state index contributed by atoms with van der Waals surface area (Å²) in [5.74, 6) is 0.336. The molecule has 1 aromatic carbocycles. The first-order chi connectivity index (χ1) is 16.7. The summed E-state index contributed by atoms with van der Waals surface area (Å²) in [7, 11) is 0. The number of fused-ring (bicyclic) bond motifs is 1. The molecule has 174 valence electrons. The van der Waals surface area contributed by atoms with Gasteiger partial charge in [-0.15, -0.1) is 0 Å². The molecule has 1 aliphatic rings. The third kappa shape index (κ3) is 5.03. The Morgan fingerprint density at radius 3 is 2.71 bits per heavy atom. The van der Waals surface area contributed by atoms with Crippen LogP contribution >= 0.6 is 0 Å². The number of halogens is 1. The number of benzene rings is 1. The van der Waals surface area contributed by atoms with Gasteiger partial charge in [0.1, 0.15) is 18.2 Å². The number of carbonyl (C=O) groups is 1. The van der Waals surface area contributed by atoms with Gasteiger partial charge in [-0.25, -0.2) is 19.3 Å². The fraction of sp³-hybridized carbons (Fsp3) is 0.250. The molecule has 34 heavy (non-hydrogen) atoms. The van der Waals surface area contributed by atoms with Crippen molar-refractivity contribution in [3.63, 3.8) is 0 Å². The lowest BCUT2D eigenvalue weighted by atomic mass is 10.2. The lowest BCUT2D eigenvalue weighted by Gasteiger charge is -2.26. The minimum Gasteiger partial charge on any atom is -0.476 e. The first-order valence-corrected chi connectivity index (χ1v) is 11.0. The van der Waals surface area contributed by atoms with Crippen molar-refractivity contribution >= 4 is 22.8 Å². The van der Waals surface area contributed by atoms with Gasteiger partial charge in [-0.1, -0.05) is 0 Å². The summed E-state index contributed by atoms with van der Waals surface area (Å²) in [6.45, 7) is 4.66. The van der Waals surface area contributed by atoms with Crippen molar-refractivity contribution in [3.05, 3.63) is 66.2 Å². The first-order valence-electron chi connectivity index (χ1n) is 11.0. The second kappa shape index (κ2) is 9.94. The normalized spacial score (nSPS) is 14.3. The number of carbonyl (C=O) groups excluding carboxylic acids is 1. The molecule has 1 fully saturated rings. The van der Waals surface area contributed by atoms with Gasteiger partial charge in [0.15, 0.2) is 5.65 Å². The van der Waals surface area contributed by atoms with E-state index in [0.29, 0.717) is 46.3 Å². The molecule has 0 unspecified atom stereocenters. The van der Waals surface area contributed by atoms with Crippen LogP contribution < -0.4 is 10.1 Å². The van der Waals surface area contributed by atoms with Crippen molar-refractivity contribution in [1.82, 2.24) is 24.8 Å². The van der Waals surface area contributed by atoms with E-state index in [1.807, 2.05) is 0 Å². The Bertz CT molecular complexity index is 1270. The molecule has 1 aliphatic heterocycles. The van der Waals surface area contributed by atoms with Gasteiger partial charge in [0.25, 0.3) is 5.91 Å². The Hall–Kier alpha value is -3.89. The number of morpholine rings is 1. The number of rotatable bonds is 7. The molecule has 0 aliphatic carbocycles. The molecule has 10 heteroatoms. The highest BCUT2D eigenvalue weighted by atomic mass is 19.1. The summed E-state index contributed by atoms with van der Waals surface area (Å²) >= 11 is 0. The van der Waals surface area contributed by atoms with Crippen molar-refractivity contribution < 1.29 is 18.7 Å². The average Bonchev–Trinajstić information content (AvgIpc) is 3.31. The van der Waals surface area contributed by atoms with Crippen LogP contribution in [0.5, 0.6) is 5.88 Å².